The van der Waals surface area contributed by atoms with Crippen LogP contribution in [0, 0.1) is 6.92 Å². The number of piperazine rings is 1. The molecule has 1 aliphatic heterocycles. The molecule has 40 heavy (non-hydrogen) atoms. The molecule has 1 atom stereocenters. The lowest BCUT2D eigenvalue weighted by Gasteiger charge is -2.40. The molecule has 214 valence electrons. The highest BCUT2D eigenvalue weighted by Crippen LogP contribution is 2.23. The van der Waals surface area contributed by atoms with E-state index in [-0.39, 0.29) is 31.1 Å². The maximum absolute atomic E-state index is 12.9. The molecule has 3 heterocycles. The third kappa shape index (κ3) is 6.61. The first-order chi connectivity index (χ1) is 19.0. The number of rotatable bonds is 7. The van der Waals surface area contributed by atoms with Crippen molar-refractivity contribution in [2.45, 2.75) is 52.4 Å². The smallest absolute Gasteiger partial charge is 0.411 e. The van der Waals surface area contributed by atoms with E-state index in [1.807, 2.05) is 4.90 Å². The normalized spacial score (nSPS) is 15.8. The molecule has 0 N–H and O–H groups in total. The summed E-state index contributed by atoms with van der Waals surface area (Å²) >= 11 is 0. The molecule has 0 unspecified atom stereocenters. The van der Waals surface area contributed by atoms with Crippen LogP contribution in [0.2, 0.25) is 0 Å². The SMILES string of the molecule is COC(=O)[C@@H]1CN(c2ccc(OCc3c(C)nnn3-c3ccc(C(F)F)cc3)nn2)CCN1C(=O)OC(C)(C)C. The van der Waals surface area contributed by atoms with Crippen LogP contribution in [-0.4, -0.2) is 80.5 Å². The second kappa shape index (κ2) is 11.8. The number of esters is 1. The molecule has 1 amide bonds. The van der Waals surface area contributed by atoms with E-state index < -0.39 is 30.1 Å². The Bertz CT molecular complexity index is 1330. The Morgan fingerprint density at radius 2 is 1.77 bits per heavy atom. The summed E-state index contributed by atoms with van der Waals surface area (Å²) in [5, 5.41) is 16.5. The van der Waals surface area contributed by atoms with Crippen LogP contribution in [0.15, 0.2) is 36.4 Å². The zero-order valence-electron chi connectivity index (χ0n) is 22.9. The minimum Gasteiger partial charge on any atom is -0.470 e. The number of amides is 1. The summed E-state index contributed by atoms with van der Waals surface area (Å²) in [6, 6.07) is 8.21. The molecular weight excluding hydrogens is 528 g/mol. The summed E-state index contributed by atoms with van der Waals surface area (Å²) in [6.07, 6.45) is -3.15. The highest BCUT2D eigenvalue weighted by atomic mass is 19.3. The van der Waals surface area contributed by atoms with Gasteiger partial charge >= 0.3 is 12.1 Å². The predicted molar refractivity (Wildman–Crippen MR) is 138 cm³/mol. The predicted octanol–water partition coefficient (Wildman–Crippen LogP) is 3.48. The molecule has 3 aromatic rings. The number of alkyl halides is 2. The van der Waals surface area contributed by atoms with Crippen LogP contribution in [0.25, 0.3) is 5.69 Å². The number of benzene rings is 1. The van der Waals surface area contributed by atoms with E-state index in [1.165, 1.54) is 41.0 Å². The van der Waals surface area contributed by atoms with Gasteiger partial charge in [-0.1, -0.05) is 17.3 Å². The summed E-state index contributed by atoms with van der Waals surface area (Å²) < 4.78 is 43.5. The van der Waals surface area contributed by atoms with Gasteiger partial charge in [-0.2, -0.15) is 0 Å². The molecule has 0 bridgehead atoms. The number of ether oxygens (including phenoxy) is 3. The number of aryl methyl sites for hydroxylation is 1. The summed E-state index contributed by atoms with van der Waals surface area (Å²) in [5.41, 5.74) is 1.00. The Balaban J connectivity index is 1.42. The van der Waals surface area contributed by atoms with Gasteiger partial charge in [-0.15, -0.1) is 15.3 Å². The fourth-order valence-electron chi connectivity index (χ4n) is 4.08. The Morgan fingerprint density at radius 3 is 2.38 bits per heavy atom. The van der Waals surface area contributed by atoms with Crippen molar-refractivity contribution in [2.75, 3.05) is 31.6 Å². The van der Waals surface area contributed by atoms with E-state index in [9.17, 15) is 18.4 Å². The van der Waals surface area contributed by atoms with Crippen LogP contribution in [0.5, 0.6) is 5.88 Å². The second-order valence-corrected chi connectivity index (χ2v) is 10.1. The van der Waals surface area contributed by atoms with Crippen molar-refractivity contribution in [3.63, 3.8) is 0 Å². The van der Waals surface area contributed by atoms with Gasteiger partial charge in [0, 0.05) is 24.7 Å². The van der Waals surface area contributed by atoms with Crippen LogP contribution in [0.1, 0.15) is 44.1 Å². The fraction of sp³-hybridized carbons (Fsp3) is 0.462. The molecule has 1 saturated heterocycles. The van der Waals surface area contributed by atoms with Crippen LogP contribution in [0.4, 0.5) is 19.4 Å². The largest absolute Gasteiger partial charge is 0.470 e. The van der Waals surface area contributed by atoms with Crippen molar-refractivity contribution in [1.82, 2.24) is 30.1 Å². The molecule has 0 aliphatic carbocycles. The topological polar surface area (TPSA) is 125 Å². The lowest BCUT2D eigenvalue weighted by molar-refractivity contribution is -0.147. The molecule has 4 rings (SSSR count). The Morgan fingerprint density at radius 1 is 1.05 bits per heavy atom. The number of halogens is 2. The first kappa shape index (κ1) is 28.6. The van der Waals surface area contributed by atoms with E-state index in [4.69, 9.17) is 14.2 Å². The van der Waals surface area contributed by atoms with Gasteiger partial charge < -0.3 is 19.1 Å². The molecular formula is C26H31F2N7O5. The zero-order chi connectivity index (χ0) is 29.0. The summed E-state index contributed by atoms with van der Waals surface area (Å²) in [4.78, 5) is 28.3. The van der Waals surface area contributed by atoms with E-state index in [1.54, 1.807) is 39.8 Å². The standard InChI is InChI=1S/C26H31F2N7O5/c1-16-20(35(32-29-16)18-8-6-17(7-9-18)23(27)28)15-39-22-11-10-21(30-31-22)33-12-13-34(19(14-33)24(36)38-5)25(37)40-26(2,3)4/h6-11,19,23H,12-15H2,1-5H3/t19-/m0/s1. The van der Waals surface area contributed by atoms with Crippen molar-refractivity contribution in [2.24, 2.45) is 0 Å². The quantitative estimate of drug-likeness (QED) is 0.397. The maximum atomic E-state index is 12.9. The number of anilines is 1. The Hall–Kier alpha value is -4.36. The minimum absolute atomic E-state index is 0.0580. The molecule has 0 spiro atoms. The first-order valence-electron chi connectivity index (χ1n) is 12.6. The number of hydrogen-bond donors (Lipinski definition) is 0. The fourth-order valence-corrected chi connectivity index (χ4v) is 4.08. The highest BCUT2D eigenvalue weighted by Gasteiger charge is 2.38. The Labute approximate surface area is 229 Å². The van der Waals surface area contributed by atoms with Gasteiger partial charge in [-0.25, -0.2) is 23.1 Å². The third-order valence-corrected chi connectivity index (χ3v) is 6.14. The molecule has 1 aliphatic rings. The molecule has 0 radical (unpaired) electrons. The van der Waals surface area contributed by atoms with Gasteiger partial charge in [-0.3, -0.25) is 4.90 Å². The highest BCUT2D eigenvalue weighted by molar-refractivity contribution is 5.82. The van der Waals surface area contributed by atoms with Crippen molar-refractivity contribution in [1.29, 1.82) is 0 Å². The summed E-state index contributed by atoms with van der Waals surface area (Å²) in [6.45, 7) is 7.86. The number of carbonyl (C=O) groups is 2. The maximum Gasteiger partial charge on any atom is 0.411 e. The lowest BCUT2D eigenvalue weighted by atomic mass is 10.1. The molecule has 0 saturated carbocycles. The Kier molecular flexibility index (Phi) is 8.45. The number of hydrogen-bond acceptors (Lipinski definition) is 10. The first-order valence-corrected chi connectivity index (χ1v) is 12.6. The average Bonchev–Trinajstić information content (AvgIpc) is 3.30. The lowest BCUT2D eigenvalue weighted by Crippen LogP contribution is -2.59. The molecule has 12 nitrogen and oxygen atoms in total. The van der Waals surface area contributed by atoms with Crippen LogP contribution in [0.3, 0.4) is 0 Å². The second-order valence-electron chi connectivity index (χ2n) is 10.1. The minimum atomic E-state index is -2.56. The summed E-state index contributed by atoms with van der Waals surface area (Å²) in [7, 11) is 1.27. The molecule has 2 aromatic heterocycles. The molecule has 14 heteroatoms. The number of nitrogens with zero attached hydrogens (tertiary/aromatic N) is 7. The van der Waals surface area contributed by atoms with Crippen molar-refractivity contribution in [3.05, 3.63) is 53.3 Å². The zero-order valence-corrected chi connectivity index (χ0v) is 22.9. The van der Waals surface area contributed by atoms with Gasteiger partial charge in [0.2, 0.25) is 5.88 Å². The van der Waals surface area contributed by atoms with Gasteiger partial charge in [-0.05, 0) is 45.9 Å². The van der Waals surface area contributed by atoms with Crippen molar-refractivity contribution >= 4 is 17.9 Å². The van der Waals surface area contributed by atoms with E-state index >= 15 is 0 Å². The van der Waals surface area contributed by atoms with Gasteiger partial charge in [0.15, 0.2) is 11.9 Å². The monoisotopic (exact) mass is 559 g/mol. The van der Waals surface area contributed by atoms with E-state index in [0.717, 1.165) is 0 Å². The van der Waals surface area contributed by atoms with Crippen LogP contribution < -0.4 is 9.64 Å². The van der Waals surface area contributed by atoms with Crippen LogP contribution in [-0.2, 0) is 20.9 Å². The average molecular weight is 560 g/mol. The van der Waals surface area contributed by atoms with Crippen LogP contribution >= 0.6 is 0 Å². The third-order valence-electron chi connectivity index (χ3n) is 6.14. The van der Waals surface area contributed by atoms with E-state index in [0.29, 0.717) is 29.4 Å². The molecule has 1 fully saturated rings. The summed E-state index contributed by atoms with van der Waals surface area (Å²) in [5.74, 6) is 0.167. The number of carbonyl (C=O) groups excluding carboxylic acids is 2. The van der Waals surface area contributed by atoms with Crippen molar-refractivity contribution < 1.29 is 32.6 Å². The van der Waals surface area contributed by atoms with Gasteiger partial charge in [0.1, 0.15) is 17.9 Å². The number of methoxy groups -OCH3 is 1. The van der Waals surface area contributed by atoms with E-state index in [2.05, 4.69) is 20.5 Å². The van der Waals surface area contributed by atoms with Crippen molar-refractivity contribution in [3.8, 4) is 11.6 Å². The number of aromatic nitrogens is 5. The molecule has 1 aromatic carbocycles. The van der Waals surface area contributed by atoms with Gasteiger partial charge in [0.25, 0.3) is 6.43 Å². The van der Waals surface area contributed by atoms with Gasteiger partial charge in [0.05, 0.1) is 25.0 Å².